The topological polar surface area (TPSA) is 33.0 Å². The molecule has 0 aliphatic carbocycles. The van der Waals surface area contributed by atoms with Crippen LogP contribution in [0.4, 0.5) is 0 Å². The zero-order chi connectivity index (χ0) is 6.57. The second kappa shape index (κ2) is 3.45. The molecule has 1 atom stereocenters. The lowest BCUT2D eigenvalue weighted by Crippen LogP contribution is -2.11. The maximum absolute atomic E-state index is 8.21. The SMILES string of the molecule is CC(C)OC(C)C#N. The van der Waals surface area contributed by atoms with Gasteiger partial charge in [-0.15, -0.1) is 0 Å². The Morgan fingerprint density at radius 1 is 1.38 bits per heavy atom. The maximum Gasteiger partial charge on any atom is 0.141 e. The largest absolute Gasteiger partial charge is 0.361 e. The summed E-state index contributed by atoms with van der Waals surface area (Å²) in [7, 11) is 0. The predicted octanol–water partition coefficient (Wildman–Crippen LogP) is 1.32. The highest BCUT2D eigenvalue weighted by molar-refractivity contribution is 4.79. The van der Waals surface area contributed by atoms with Crippen LogP contribution in [-0.4, -0.2) is 12.2 Å². The van der Waals surface area contributed by atoms with Crippen LogP contribution in [0.5, 0.6) is 0 Å². The van der Waals surface area contributed by atoms with Crippen molar-refractivity contribution in [2.45, 2.75) is 33.0 Å². The Morgan fingerprint density at radius 3 is 2.00 bits per heavy atom. The molecule has 0 spiro atoms. The second-order valence-corrected chi connectivity index (χ2v) is 1.96. The molecule has 0 aromatic rings. The highest BCUT2D eigenvalue weighted by Crippen LogP contribution is 1.93. The van der Waals surface area contributed by atoms with E-state index in [9.17, 15) is 0 Å². The second-order valence-electron chi connectivity index (χ2n) is 1.96. The predicted molar refractivity (Wildman–Crippen MR) is 31.3 cm³/mol. The quantitative estimate of drug-likeness (QED) is 0.541. The Kier molecular flexibility index (Phi) is 3.21. The summed E-state index contributed by atoms with van der Waals surface area (Å²) in [5, 5.41) is 8.21. The molecule has 8 heavy (non-hydrogen) atoms. The fraction of sp³-hybridized carbons (Fsp3) is 0.833. The van der Waals surface area contributed by atoms with Gasteiger partial charge >= 0.3 is 0 Å². The van der Waals surface area contributed by atoms with Gasteiger partial charge < -0.3 is 4.74 Å². The van der Waals surface area contributed by atoms with Crippen molar-refractivity contribution in [2.75, 3.05) is 0 Å². The molecule has 2 nitrogen and oxygen atoms in total. The van der Waals surface area contributed by atoms with Crippen LogP contribution >= 0.6 is 0 Å². The average Bonchev–Trinajstić information content (AvgIpc) is 1.65. The van der Waals surface area contributed by atoms with Gasteiger partial charge in [-0.25, -0.2) is 0 Å². The fourth-order valence-electron chi connectivity index (χ4n) is 0.439. The van der Waals surface area contributed by atoms with Gasteiger partial charge in [-0.1, -0.05) is 0 Å². The van der Waals surface area contributed by atoms with Crippen molar-refractivity contribution in [1.82, 2.24) is 0 Å². The highest BCUT2D eigenvalue weighted by Gasteiger charge is 1.99. The Labute approximate surface area is 50.1 Å². The Bertz CT molecular complexity index is 93.2. The lowest BCUT2D eigenvalue weighted by molar-refractivity contribution is 0.0502. The average molecular weight is 113 g/mol. The van der Waals surface area contributed by atoms with Gasteiger partial charge in [0.15, 0.2) is 0 Å². The van der Waals surface area contributed by atoms with E-state index in [-0.39, 0.29) is 12.2 Å². The van der Waals surface area contributed by atoms with E-state index in [4.69, 9.17) is 10.00 Å². The van der Waals surface area contributed by atoms with Gasteiger partial charge in [-0.3, -0.25) is 0 Å². The van der Waals surface area contributed by atoms with Crippen LogP contribution in [0.2, 0.25) is 0 Å². The van der Waals surface area contributed by atoms with Crippen molar-refractivity contribution >= 4 is 0 Å². The smallest absolute Gasteiger partial charge is 0.141 e. The summed E-state index contributed by atoms with van der Waals surface area (Å²) in [6.45, 7) is 5.56. The molecule has 1 unspecified atom stereocenters. The van der Waals surface area contributed by atoms with Crippen molar-refractivity contribution in [1.29, 1.82) is 5.26 Å². The van der Waals surface area contributed by atoms with Crippen LogP contribution in [0.1, 0.15) is 20.8 Å². The zero-order valence-corrected chi connectivity index (χ0v) is 5.51. The van der Waals surface area contributed by atoms with E-state index in [1.807, 2.05) is 19.9 Å². The van der Waals surface area contributed by atoms with Crippen molar-refractivity contribution in [2.24, 2.45) is 0 Å². The lowest BCUT2D eigenvalue weighted by Gasteiger charge is -2.07. The first-order chi connectivity index (χ1) is 3.66. The number of hydrogen-bond donors (Lipinski definition) is 0. The lowest BCUT2D eigenvalue weighted by atomic mass is 10.4. The Hall–Kier alpha value is -0.550. The molecule has 0 aliphatic rings. The van der Waals surface area contributed by atoms with E-state index in [0.717, 1.165) is 0 Å². The zero-order valence-electron chi connectivity index (χ0n) is 5.51. The van der Waals surface area contributed by atoms with E-state index < -0.39 is 0 Å². The Morgan fingerprint density at radius 2 is 1.88 bits per heavy atom. The number of hydrogen-bond acceptors (Lipinski definition) is 2. The molecule has 46 valence electrons. The molecule has 0 saturated carbocycles. The fourth-order valence-corrected chi connectivity index (χ4v) is 0.439. The van der Waals surface area contributed by atoms with Gasteiger partial charge in [0.2, 0.25) is 0 Å². The first kappa shape index (κ1) is 7.45. The minimum Gasteiger partial charge on any atom is -0.361 e. The third-order valence-corrected chi connectivity index (χ3v) is 0.658. The van der Waals surface area contributed by atoms with Crippen molar-refractivity contribution in [3.63, 3.8) is 0 Å². The van der Waals surface area contributed by atoms with E-state index in [1.165, 1.54) is 0 Å². The normalized spacial score (nSPS) is 13.4. The minimum atomic E-state index is -0.269. The van der Waals surface area contributed by atoms with E-state index in [1.54, 1.807) is 6.92 Å². The van der Waals surface area contributed by atoms with E-state index >= 15 is 0 Å². The minimum absolute atomic E-state index is 0.157. The van der Waals surface area contributed by atoms with Gasteiger partial charge in [0, 0.05) is 0 Å². The standard InChI is InChI=1S/C6H11NO/c1-5(2)8-6(3)4-7/h5-6H,1-3H3. The monoisotopic (exact) mass is 113 g/mol. The van der Waals surface area contributed by atoms with Gasteiger partial charge in [-0.2, -0.15) is 5.26 Å². The summed E-state index contributed by atoms with van der Waals surface area (Å²) in [5.41, 5.74) is 0. The summed E-state index contributed by atoms with van der Waals surface area (Å²) in [4.78, 5) is 0. The summed E-state index contributed by atoms with van der Waals surface area (Å²) in [5.74, 6) is 0. The van der Waals surface area contributed by atoms with Crippen LogP contribution in [0, 0.1) is 11.3 Å². The van der Waals surface area contributed by atoms with Crippen molar-refractivity contribution in [3.05, 3.63) is 0 Å². The summed E-state index contributed by atoms with van der Waals surface area (Å²) in [6.07, 6.45) is -0.111. The molecule has 0 rings (SSSR count). The molecule has 0 aromatic heterocycles. The number of nitriles is 1. The van der Waals surface area contributed by atoms with Crippen LogP contribution in [0.25, 0.3) is 0 Å². The molecule has 0 saturated heterocycles. The first-order valence-electron chi connectivity index (χ1n) is 2.72. The van der Waals surface area contributed by atoms with Crippen LogP contribution in [0.15, 0.2) is 0 Å². The molecular weight excluding hydrogens is 102 g/mol. The van der Waals surface area contributed by atoms with Gasteiger partial charge in [-0.05, 0) is 20.8 Å². The summed E-state index contributed by atoms with van der Waals surface area (Å²) >= 11 is 0. The Balaban J connectivity index is 3.28. The van der Waals surface area contributed by atoms with Gasteiger partial charge in [0.25, 0.3) is 0 Å². The molecule has 0 aliphatic heterocycles. The number of nitrogens with zero attached hydrogens (tertiary/aromatic N) is 1. The van der Waals surface area contributed by atoms with Crippen molar-refractivity contribution < 1.29 is 4.74 Å². The summed E-state index contributed by atoms with van der Waals surface area (Å²) < 4.78 is 5.04. The van der Waals surface area contributed by atoms with E-state index in [2.05, 4.69) is 0 Å². The van der Waals surface area contributed by atoms with Crippen LogP contribution < -0.4 is 0 Å². The molecule has 2 heteroatoms. The number of ether oxygens (including phenoxy) is 1. The molecule has 0 fully saturated rings. The third kappa shape index (κ3) is 3.63. The molecular formula is C6H11NO. The van der Waals surface area contributed by atoms with Gasteiger partial charge in [0.05, 0.1) is 12.2 Å². The van der Waals surface area contributed by atoms with Crippen molar-refractivity contribution in [3.8, 4) is 6.07 Å². The molecule has 0 radical (unpaired) electrons. The van der Waals surface area contributed by atoms with E-state index in [0.29, 0.717) is 0 Å². The molecule has 0 heterocycles. The highest BCUT2D eigenvalue weighted by atomic mass is 16.5. The first-order valence-corrected chi connectivity index (χ1v) is 2.72. The van der Waals surface area contributed by atoms with Crippen LogP contribution in [-0.2, 0) is 4.74 Å². The van der Waals surface area contributed by atoms with Crippen LogP contribution in [0.3, 0.4) is 0 Å². The molecule has 0 aromatic carbocycles. The molecule has 0 N–H and O–H groups in total. The van der Waals surface area contributed by atoms with Gasteiger partial charge in [0.1, 0.15) is 6.10 Å². The molecule has 0 amide bonds. The summed E-state index contributed by atoms with van der Waals surface area (Å²) in [6, 6.07) is 1.97. The third-order valence-electron chi connectivity index (χ3n) is 0.658. The molecule has 0 bridgehead atoms. The number of rotatable bonds is 2. The maximum atomic E-state index is 8.21.